The van der Waals surface area contributed by atoms with E-state index in [-0.39, 0.29) is 0 Å². The Hall–Kier alpha value is -1.42. The summed E-state index contributed by atoms with van der Waals surface area (Å²) in [5.74, 6) is 0.387. The van der Waals surface area contributed by atoms with Gasteiger partial charge in [-0.15, -0.1) is 0 Å². The SMILES string of the molecule is COc1ccccc1C(O)C=C(F)F. The lowest BCUT2D eigenvalue weighted by molar-refractivity contribution is 0.215. The topological polar surface area (TPSA) is 29.5 Å². The minimum atomic E-state index is -1.91. The summed E-state index contributed by atoms with van der Waals surface area (Å²) in [7, 11) is 1.42. The summed E-state index contributed by atoms with van der Waals surface area (Å²) in [5.41, 5.74) is 0.322. The van der Waals surface area contributed by atoms with E-state index < -0.39 is 12.2 Å². The van der Waals surface area contributed by atoms with E-state index in [4.69, 9.17) is 4.74 Å². The van der Waals surface area contributed by atoms with Gasteiger partial charge in [-0.2, -0.15) is 8.78 Å². The van der Waals surface area contributed by atoms with Crippen LogP contribution in [0, 0.1) is 0 Å². The molecule has 1 aromatic rings. The first-order valence-corrected chi connectivity index (χ1v) is 3.99. The van der Waals surface area contributed by atoms with Gasteiger partial charge in [-0.25, -0.2) is 0 Å². The Labute approximate surface area is 80.4 Å². The van der Waals surface area contributed by atoms with Gasteiger partial charge >= 0.3 is 0 Å². The summed E-state index contributed by atoms with van der Waals surface area (Å²) in [5, 5.41) is 9.37. The van der Waals surface area contributed by atoms with E-state index in [0.717, 1.165) is 0 Å². The molecule has 0 fully saturated rings. The number of methoxy groups -OCH3 is 1. The molecule has 2 nitrogen and oxygen atoms in total. The highest BCUT2D eigenvalue weighted by molar-refractivity contribution is 5.36. The lowest BCUT2D eigenvalue weighted by atomic mass is 10.1. The minimum Gasteiger partial charge on any atom is -0.496 e. The molecule has 76 valence electrons. The van der Waals surface area contributed by atoms with Crippen molar-refractivity contribution in [2.75, 3.05) is 7.11 Å². The average molecular weight is 200 g/mol. The van der Waals surface area contributed by atoms with Gasteiger partial charge in [0.05, 0.1) is 7.11 Å². The quantitative estimate of drug-likeness (QED) is 0.812. The maximum absolute atomic E-state index is 11.9. The Bertz CT molecular complexity index is 333. The van der Waals surface area contributed by atoms with Crippen molar-refractivity contribution in [2.24, 2.45) is 0 Å². The summed E-state index contributed by atoms with van der Waals surface area (Å²) in [6.07, 6.45) is -2.78. The van der Waals surface area contributed by atoms with Crippen molar-refractivity contribution in [2.45, 2.75) is 6.10 Å². The van der Waals surface area contributed by atoms with E-state index in [1.165, 1.54) is 13.2 Å². The average Bonchev–Trinajstić information content (AvgIpc) is 2.16. The number of aliphatic hydroxyl groups excluding tert-OH is 1. The normalized spacial score (nSPS) is 12.0. The number of hydrogen-bond donors (Lipinski definition) is 1. The molecule has 0 heterocycles. The van der Waals surface area contributed by atoms with Crippen LogP contribution in [-0.4, -0.2) is 12.2 Å². The van der Waals surface area contributed by atoms with Gasteiger partial charge < -0.3 is 9.84 Å². The van der Waals surface area contributed by atoms with Crippen molar-refractivity contribution in [1.82, 2.24) is 0 Å². The first-order valence-electron chi connectivity index (χ1n) is 3.99. The Kier molecular flexibility index (Phi) is 3.59. The molecule has 0 spiro atoms. The van der Waals surface area contributed by atoms with Gasteiger partial charge in [0.25, 0.3) is 6.08 Å². The molecule has 1 N–H and O–H groups in total. The van der Waals surface area contributed by atoms with Gasteiger partial charge in [-0.3, -0.25) is 0 Å². The molecule has 0 saturated carbocycles. The van der Waals surface area contributed by atoms with E-state index in [1.807, 2.05) is 0 Å². The number of ether oxygens (including phenoxy) is 1. The molecule has 0 aliphatic carbocycles. The number of aliphatic hydroxyl groups is 1. The van der Waals surface area contributed by atoms with Gasteiger partial charge in [0.2, 0.25) is 0 Å². The largest absolute Gasteiger partial charge is 0.496 e. The van der Waals surface area contributed by atoms with Gasteiger partial charge in [0, 0.05) is 11.6 Å². The Balaban J connectivity index is 2.99. The summed E-state index contributed by atoms with van der Waals surface area (Å²) < 4.78 is 28.6. The van der Waals surface area contributed by atoms with Crippen LogP contribution in [0.25, 0.3) is 0 Å². The van der Waals surface area contributed by atoms with Crippen LogP contribution in [0.1, 0.15) is 11.7 Å². The molecule has 1 atom stereocenters. The van der Waals surface area contributed by atoms with Gasteiger partial charge in [0.1, 0.15) is 11.9 Å². The molecule has 0 aliphatic heterocycles. The zero-order valence-electron chi connectivity index (χ0n) is 7.58. The second kappa shape index (κ2) is 4.72. The molecule has 0 saturated heterocycles. The molecule has 0 amide bonds. The zero-order chi connectivity index (χ0) is 10.6. The number of rotatable bonds is 3. The molecule has 1 unspecified atom stereocenters. The Morgan fingerprint density at radius 2 is 2.07 bits per heavy atom. The van der Waals surface area contributed by atoms with Crippen LogP contribution in [-0.2, 0) is 0 Å². The molecular formula is C10H10F2O2. The maximum Gasteiger partial charge on any atom is 0.269 e. The third kappa shape index (κ3) is 2.53. The highest BCUT2D eigenvalue weighted by Crippen LogP contribution is 2.26. The molecular weight excluding hydrogens is 190 g/mol. The number of para-hydroxylation sites is 1. The van der Waals surface area contributed by atoms with E-state index in [9.17, 15) is 13.9 Å². The fraction of sp³-hybridized carbons (Fsp3) is 0.200. The van der Waals surface area contributed by atoms with E-state index in [2.05, 4.69) is 0 Å². The summed E-state index contributed by atoms with van der Waals surface area (Å²) in [6.45, 7) is 0. The standard InChI is InChI=1S/C10H10F2O2/c1-14-9-5-3-2-4-7(9)8(13)6-10(11)12/h2-6,8,13H,1H3. The van der Waals surface area contributed by atoms with Crippen molar-refractivity contribution >= 4 is 0 Å². The molecule has 0 bridgehead atoms. The summed E-state index contributed by atoms with van der Waals surface area (Å²) >= 11 is 0. The van der Waals surface area contributed by atoms with Crippen LogP contribution < -0.4 is 4.74 Å². The maximum atomic E-state index is 11.9. The van der Waals surface area contributed by atoms with Gasteiger partial charge in [-0.1, -0.05) is 18.2 Å². The highest BCUT2D eigenvalue weighted by Gasteiger charge is 2.11. The summed E-state index contributed by atoms with van der Waals surface area (Å²) in [4.78, 5) is 0. The van der Waals surface area contributed by atoms with Crippen LogP contribution in [0.2, 0.25) is 0 Å². The third-order valence-electron chi connectivity index (χ3n) is 1.74. The van der Waals surface area contributed by atoms with E-state index >= 15 is 0 Å². The fourth-order valence-corrected chi connectivity index (χ4v) is 1.12. The van der Waals surface area contributed by atoms with Crippen LogP contribution in [0.4, 0.5) is 8.78 Å². The monoisotopic (exact) mass is 200 g/mol. The van der Waals surface area contributed by atoms with Crippen molar-refractivity contribution in [1.29, 1.82) is 0 Å². The zero-order valence-corrected chi connectivity index (χ0v) is 7.58. The van der Waals surface area contributed by atoms with Crippen LogP contribution in [0.3, 0.4) is 0 Å². The Morgan fingerprint density at radius 3 is 2.64 bits per heavy atom. The van der Waals surface area contributed by atoms with E-state index in [1.54, 1.807) is 18.2 Å². The predicted molar refractivity (Wildman–Crippen MR) is 48.3 cm³/mol. The number of halogens is 2. The third-order valence-corrected chi connectivity index (χ3v) is 1.74. The fourth-order valence-electron chi connectivity index (χ4n) is 1.12. The molecule has 1 aromatic carbocycles. The van der Waals surface area contributed by atoms with E-state index in [0.29, 0.717) is 17.4 Å². The molecule has 0 aliphatic rings. The molecule has 1 rings (SSSR count). The van der Waals surface area contributed by atoms with Crippen molar-refractivity contribution in [3.8, 4) is 5.75 Å². The first-order chi connectivity index (χ1) is 6.65. The van der Waals surface area contributed by atoms with Crippen molar-refractivity contribution in [3.63, 3.8) is 0 Å². The lowest BCUT2D eigenvalue weighted by Gasteiger charge is -2.10. The highest BCUT2D eigenvalue weighted by atomic mass is 19.3. The first kappa shape index (κ1) is 10.7. The van der Waals surface area contributed by atoms with Crippen molar-refractivity contribution in [3.05, 3.63) is 42.0 Å². The van der Waals surface area contributed by atoms with Gasteiger partial charge in [-0.05, 0) is 6.07 Å². The number of benzene rings is 1. The number of hydrogen-bond acceptors (Lipinski definition) is 2. The molecule has 0 radical (unpaired) electrons. The van der Waals surface area contributed by atoms with Crippen LogP contribution in [0.5, 0.6) is 5.75 Å². The van der Waals surface area contributed by atoms with Crippen LogP contribution >= 0.6 is 0 Å². The second-order valence-electron chi connectivity index (χ2n) is 2.64. The Morgan fingerprint density at radius 1 is 1.43 bits per heavy atom. The van der Waals surface area contributed by atoms with Crippen LogP contribution in [0.15, 0.2) is 36.4 Å². The van der Waals surface area contributed by atoms with Crippen molar-refractivity contribution < 1.29 is 18.6 Å². The minimum absolute atomic E-state index is 0.322. The second-order valence-corrected chi connectivity index (χ2v) is 2.64. The predicted octanol–water partition coefficient (Wildman–Crippen LogP) is 2.51. The molecule has 0 aromatic heterocycles. The lowest BCUT2D eigenvalue weighted by Crippen LogP contribution is -1.97. The summed E-state index contributed by atoms with van der Waals surface area (Å²) in [6, 6.07) is 6.47. The molecule has 4 heteroatoms. The smallest absolute Gasteiger partial charge is 0.269 e. The molecule has 14 heavy (non-hydrogen) atoms. The van der Waals surface area contributed by atoms with Gasteiger partial charge in [0.15, 0.2) is 0 Å².